The van der Waals surface area contributed by atoms with Crippen LogP contribution in [0.1, 0.15) is 0 Å². The minimum atomic E-state index is -3.18. The molecular formula is C13H11N3O2S3. The van der Waals surface area contributed by atoms with Crippen LogP contribution in [0.15, 0.2) is 50.5 Å². The van der Waals surface area contributed by atoms with Crippen molar-refractivity contribution in [3.8, 4) is 0 Å². The van der Waals surface area contributed by atoms with Gasteiger partial charge in [0.25, 0.3) is 0 Å². The predicted octanol–water partition coefficient (Wildman–Crippen LogP) is 2.83. The van der Waals surface area contributed by atoms with E-state index in [1.54, 1.807) is 24.3 Å². The van der Waals surface area contributed by atoms with Gasteiger partial charge in [-0.25, -0.2) is 18.4 Å². The van der Waals surface area contributed by atoms with Gasteiger partial charge in [0.1, 0.15) is 9.86 Å². The molecule has 108 valence electrons. The third-order valence-corrected chi connectivity index (χ3v) is 5.72. The number of benzene rings is 1. The summed E-state index contributed by atoms with van der Waals surface area (Å²) in [5, 5.41) is 3.66. The lowest BCUT2D eigenvalue weighted by molar-refractivity contribution is 0.602. The van der Waals surface area contributed by atoms with E-state index in [1.807, 2.05) is 11.4 Å². The highest BCUT2D eigenvalue weighted by atomic mass is 32.2. The van der Waals surface area contributed by atoms with E-state index in [2.05, 4.69) is 9.97 Å². The summed E-state index contributed by atoms with van der Waals surface area (Å²) in [6.07, 6.45) is 1.19. The van der Waals surface area contributed by atoms with Crippen molar-refractivity contribution in [3.63, 3.8) is 0 Å². The Morgan fingerprint density at radius 1 is 1.14 bits per heavy atom. The normalized spacial score (nSPS) is 11.9. The molecule has 5 nitrogen and oxygen atoms in total. The van der Waals surface area contributed by atoms with E-state index in [1.165, 1.54) is 29.4 Å². The maximum atomic E-state index is 11.4. The van der Waals surface area contributed by atoms with Gasteiger partial charge in [-0.15, -0.1) is 11.3 Å². The Bertz CT molecular complexity index is 902. The monoisotopic (exact) mass is 337 g/mol. The summed E-state index contributed by atoms with van der Waals surface area (Å²) in [5.41, 5.74) is 5.71. The van der Waals surface area contributed by atoms with Crippen LogP contribution in [0.3, 0.4) is 0 Å². The zero-order valence-corrected chi connectivity index (χ0v) is 13.4. The number of hydrogen-bond acceptors (Lipinski definition) is 7. The van der Waals surface area contributed by atoms with Crippen LogP contribution in [0.2, 0.25) is 0 Å². The van der Waals surface area contributed by atoms with Crippen molar-refractivity contribution < 1.29 is 8.42 Å². The molecule has 1 aromatic carbocycles. The van der Waals surface area contributed by atoms with Gasteiger partial charge >= 0.3 is 0 Å². The van der Waals surface area contributed by atoms with E-state index in [0.29, 0.717) is 4.90 Å². The topological polar surface area (TPSA) is 85.9 Å². The van der Waals surface area contributed by atoms with Gasteiger partial charge in [-0.3, -0.25) is 0 Å². The fourth-order valence-corrected chi connectivity index (χ4v) is 4.16. The summed E-state index contributed by atoms with van der Waals surface area (Å²) in [4.78, 5) is 10.5. The summed E-state index contributed by atoms with van der Waals surface area (Å²) in [6.45, 7) is 0. The molecular weight excluding hydrogens is 326 g/mol. The van der Waals surface area contributed by atoms with Crippen molar-refractivity contribution in [1.82, 2.24) is 9.97 Å². The molecule has 0 saturated carbocycles. The van der Waals surface area contributed by atoms with Crippen molar-refractivity contribution in [3.05, 3.63) is 35.7 Å². The first-order valence-corrected chi connectivity index (χ1v) is 9.51. The largest absolute Gasteiger partial charge is 0.368 e. The van der Waals surface area contributed by atoms with Crippen molar-refractivity contribution in [2.24, 2.45) is 0 Å². The van der Waals surface area contributed by atoms with Crippen LogP contribution in [-0.4, -0.2) is 24.6 Å². The predicted molar refractivity (Wildman–Crippen MR) is 85.5 cm³/mol. The number of aromatic nitrogens is 2. The number of hydrogen-bond donors (Lipinski definition) is 1. The Morgan fingerprint density at radius 2 is 1.86 bits per heavy atom. The number of fused-ring (bicyclic) bond motifs is 1. The molecule has 0 unspecified atom stereocenters. The first kappa shape index (κ1) is 14.3. The lowest BCUT2D eigenvalue weighted by Gasteiger charge is -2.04. The van der Waals surface area contributed by atoms with Gasteiger partial charge in [0.2, 0.25) is 5.95 Å². The molecule has 0 aliphatic rings. The van der Waals surface area contributed by atoms with Crippen LogP contribution in [0, 0.1) is 0 Å². The minimum absolute atomic E-state index is 0.236. The average Bonchev–Trinajstić information content (AvgIpc) is 2.86. The quantitative estimate of drug-likeness (QED) is 0.740. The molecule has 8 heteroatoms. The van der Waals surface area contributed by atoms with E-state index in [4.69, 9.17) is 5.73 Å². The molecule has 0 radical (unpaired) electrons. The van der Waals surface area contributed by atoms with Crippen LogP contribution >= 0.6 is 23.1 Å². The lowest BCUT2D eigenvalue weighted by Crippen LogP contribution is -1.97. The van der Waals surface area contributed by atoms with Gasteiger partial charge in [-0.2, -0.15) is 0 Å². The van der Waals surface area contributed by atoms with E-state index in [0.717, 1.165) is 20.1 Å². The second kappa shape index (κ2) is 5.28. The second-order valence-electron chi connectivity index (χ2n) is 4.37. The van der Waals surface area contributed by atoms with E-state index >= 15 is 0 Å². The second-order valence-corrected chi connectivity index (χ2v) is 8.34. The molecule has 2 N–H and O–H groups in total. The molecule has 0 saturated heterocycles. The molecule has 21 heavy (non-hydrogen) atoms. The highest BCUT2D eigenvalue weighted by Gasteiger charge is 2.10. The summed E-state index contributed by atoms with van der Waals surface area (Å²) in [6, 6.07) is 8.65. The molecule has 0 aliphatic carbocycles. The first-order chi connectivity index (χ1) is 9.93. The Labute approximate surface area is 130 Å². The van der Waals surface area contributed by atoms with Crippen LogP contribution in [0.5, 0.6) is 0 Å². The fourth-order valence-electron chi connectivity index (χ4n) is 1.79. The maximum absolute atomic E-state index is 11.4. The fraction of sp³-hybridized carbons (Fsp3) is 0.0769. The Kier molecular flexibility index (Phi) is 3.60. The maximum Gasteiger partial charge on any atom is 0.222 e. The highest BCUT2D eigenvalue weighted by Crippen LogP contribution is 2.34. The standard InChI is InChI=1S/C13H11N3O2S3/c1-21(17,18)9-4-2-8(3-5-9)20-12-10-6-7-19-11(10)15-13(14)16-12/h2-7H,1H3,(H2,14,15,16). The van der Waals surface area contributed by atoms with Gasteiger partial charge in [-0.1, -0.05) is 11.8 Å². The molecule has 0 atom stereocenters. The minimum Gasteiger partial charge on any atom is -0.368 e. The third kappa shape index (κ3) is 3.02. The summed E-state index contributed by atoms with van der Waals surface area (Å²) in [7, 11) is -3.18. The number of thiophene rings is 1. The van der Waals surface area contributed by atoms with Crippen LogP contribution in [-0.2, 0) is 9.84 Å². The van der Waals surface area contributed by atoms with Gasteiger partial charge in [0.15, 0.2) is 9.84 Å². The SMILES string of the molecule is CS(=O)(=O)c1ccc(Sc2nc(N)nc3sccc23)cc1. The molecule has 2 heterocycles. The van der Waals surface area contributed by atoms with Crippen molar-refractivity contribution in [1.29, 1.82) is 0 Å². The molecule has 0 amide bonds. The average molecular weight is 337 g/mol. The zero-order valence-electron chi connectivity index (χ0n) is 11.0. The first-order valence-electron chi connectivity index (χ1n) is 5.92. The molecule has 0 aliphatic heterocycles. The van der Waals surface area contributed by atoms with E-state index in [9.17, 15) is 8.42 Å². The lowest BCUT2D eigenvalue weighted by atomic mass is 10.4. The van der Waals surface area contributed by atoms with E-state index < -0.39 is 9.84 Å². The third-order valence-electron chi connectivity index (χ3n) is 2.77. The summed E-state index contributed by atoms with van der Waals surface area (Å²) in [5.74, 6) is 0.236. The number of nitrogens with two attached hydrogens (primary N) is 1. The van der Waals surface area contributed by atoms with Crippen molar-refractivity contribution in [2.75, 3.05) is 12.0 Å². The molecule has 3 rings (SSSR count). The molecule has 3 aromatic rings. The van der Waals surface area contributed by atoms with Crippen LogP contribution in [0.4, 0.5) is 5.95 Å². The van der Waals surface area contributed by atoms with Gasteiger partial charge in [0.05, 0.1) is 4.90 Å². The molecule has 0 bridgehead atoms. The zero-order chi connectivity index (χ0) is 15.0. The molecule has 0 spiro atoms. The number of anilines is 1. The Hall–Kier alpha value is -1.64. The Morgan fingerprint density at radius 3 is 2.52 bits per heavy atom. The van der Waals surface area contributed by atoms with Crippen LogP contribution < -0.4 is 5.73 Å². The highest BCUT2D eigenvalue weighted by molar-refractivity contribution is 7.99. The van der Waals surface area contributed by atoms with Gasteiger partial charge in [-0.05, 0) is 35.7 Å². The van der Waals surface area contributed by atoms with Gasteiger partial charge in [0, 0.05) is 16.5 Å². The Balaban J connectivity index is 1.97. The number of rotatable bonds is 3. The number of nitrogen functional groups attached to an aromatic ring is 1. The summed E-state index contributed by atoms with van der Waals surface area (Å²) >= 11 is 2.94. The number of nitrogens with zero attached hydrogens (tertiary/aromatic N) is 2. The number of sulfone groups is 1. The van der Waals surface area contributed by atoms with Crippen molar-refractivity contribution >= 4 is 49.1 Å². The van der Waals surface area contributed by atoms with Crippen molar-refractivity contribution in [2.45, 2.75) is 14.8 Å². The molecule has 0 fully saturated rings. The van der Waals surface area contributed by atoms with E-state index in [-0.39, 0.29) is 5.95 Å². The summed E-state index contributed by atoms with van der Waals surface area (Å²) < 4.78 is 22.9. The molecule has 2 aromatic heterocycles. The van der Waals surface area contributed by atoms with Crippen LogP contribution in [0.25, 0.3) is 10.2 Å². The smallest absolute Gasteiger partial charge is 0.222 e. The van der Waals surface area contributed by atoms with Gasteiger partial charge < -0.3 is 5.73 Å².